The van der Waals surface area contributed by atoms with E-state index in [0.717, 1.165) is 24.5 Å². The molecule has 2 aliphatic heterocycles. The number of allylic oxidation sites excluding steroid dienone is 3. The third kappa shape index (κ3) is 1.96. The Morgan fingerprint density at radius 2 is 2.12 bits per heavy atom. The molecule has 1 fully saturated rings. The van der Waals surface area contributed by atoms with Gasteiger partial charge in [-0.05, 0) is 11.6 Å². The van der Waals surface area contributed by atoms with Crippen LogP contribution in [0.5, 0.6) is 0 Å². The first-order valence-electron chi connectivity index (χ1n) is 5.86. The monoisotopic (exact) mass is 230 g/mol. The summed E-state index contributed by atoms with van der Waals surface area (Å²) in [6.45, 7) is 3.02. The predicted octanol–water partition coefficient (Wildman–Crippen LogP) is 0.926. The van der Waals surface area contributed by atoms with Crippen molar-refractivity contribution in [3.63, 3.8) is 0 Å². The molecule has 0 aromatic heterocycles. The molecule has 0 aromatic carbocycles. The summed E-state index contributed by atoms with van der Waals surface area (Å²) in [5.74, 6) is 0.541. The number of morpholine rings is 1. The SMILES string of the molecule is O=C1N=C(N2CCOCC2)C=C2C=CC=CC12. The highest BCUT2D eigenvalue weighted by Gasteiger charge is 2.26. The molecular formula is C13H14N2O2. The van der Waals surface area contributed by atoms with E-state index in [4.69, 9.17) is 4.74 Å². The van der Waals surface area contributed by atoms with E-state index in [2.05, 4.69) is 9.89 Å². The Hall–Kier alpha value is -1.68. The average molecular weight is 230 g/mol. The topological polar surface area (TPSA) is 41.9 Å². The maximum atomic E-state index is 11.9. The summed E-state index contributed by atoms with van der Waals surface area (Å²) < 4.78 is 5.30. The second-order valence-corrected chi connectivity index (χ2v) is 4.27. The summed E-state index contributed by atoms with van der Waals surface area (Å²) in [5, 5.41) is 0. The number of dihydropyridines is 1. The zero-order chi connectivity index (χ0) is 11.7. The molecule has 1 unspecified atom stereocenters. The molecule has 2 heterocycles. The van der Waals surface area contributed by atoms with Gasteiger partial charge in [0.2, 0.25) is 0 Å². The summed E-state index contributed by atoms with van der Waals surface area (Å²) in [5.41, 5.74) is 1.04. The fourth-order valence-corrected chi connectivity index (χ4v) is 2.24. The molecular weight excluding hydrogens is 216 g/mol. The third-order valence-corrected chi connectivity index (χ3v) is 3.18. The van der Waals surface area contributed by atoms with Crippen LogP contribution >= 0.6 is 0 Å². The van der Waals surface area contributed by atoms with Crippen LogP contribution in [0.15, 0.2) is 40.9 Å². The molecule has 3 rings (SSSR count). The number of ether oxygens (including phenoxy) is 1. The number of hydrogen-bond donors (Lipinski definition) is 0. The van der Waals surface area contributed by atoms with Crippen molar-refractivity contribution in [3.05, 3.63) is 36.0 Å². The van der Waals surface area contributed by atoms with Gasteiger partial charge in [-0.15, -0.1) is 0 Å². The Kier molecular flexibility index (Phi) is 2.65. The van der Waals surface area contributed by atoms with Crippen molar-refractivity contribution >= 4 is 11.7 Å². The Bertz CT molecular complexity index is 454. The highest BCUT2D eigenvalue weighted by atomic mass is 16.5. The number of fused-ring (bicyclic) bond motifs is 1. The van der Waals surface area contributed by atoms with Crippen molar-refractivity contribution in [1.82, 2.24) is 4.90 Å². The fourth-order valence-electron chi connectivity index (χ4n) is 2.24. The summed E-state index contributed by atoms with van der Waals surface area (Å²) in [6.07, 6.45) is 9.75. The number of nitrogens with zero attached hydrogens (tertiary/aromatic N) is 2. The van der Waals surface area contributed by atoms with Crippen LogP contribution in [0.1, 0.15) is 0 Å². The second kappa shape index (κ2) is 4.30. The summed E-state index contributed by atoms with van der Waals surface area (Å²) in [4.78, 5) is 18.2. The largest absolute Gasteiger partial charge is 0.378 e. The van der Waals surface area contributed by atoms with Gasteiger partial charge in [-0.2, -0.15) is 4.99 Å². The second-order valence-electron chi connectivity index (χ2n) is 4.27. The van der Waals surface area contributed by atoms with Gasteiger partial charge in [0.05, 0.1) is 19.1 Å². The predicted molar refractivity (Wildman–Crippen MR) is 64.7 cm³/mol. The molecule has 88 valence electrons. The van der Waals surface area contributed by atoms with Crippen molar-refractivity contribution in [2.75, 3.05) is 26.3 Å². The van der Waals surface area contributed by atoms with E-state index in [1.54, 1.807) is 0 Å². The number of aliphatic imine (C=N–C) groups is 1. The molecule has 4 heteroatoms. The maximum Gasteiger partial charge on any atom is 0.259 e. The fraction of sp³-hybridized carbons (Fsp3) is 0.385. The van der Waals surface area contributed by atoms with Gasteiger partial charge in [0.25, 0.3) is 5.91 Å². The number of amides is 1. The maximum absolute atomic E-state index is 11.9. The normalized spacial score (nSPS) is 27.6. The van der Waals surface area contributed by atoms with Gasteiger partial charge in [0, 0.05) is 13.1 Å². The minimum absolute atomic E-state index is 0.0652. The molecule has 0 spiro atoms. The molecule has 3 aliphatic rings. The molecule has 1 atom stereocenters. The summed E-state index contributed by atoms with van der Waals surface area (Å²) in [6, 6.07) is 0. The Morgan fingerprint density at radius 3 is 2.94 bits per heavy atom. The average Bonchev–Trinajstić information content (AvgIpc) is 2.40. The summed E-state index contributed by atoms with van der Waals surface area (Å²) >= 11 is 0. The smallest absolute Gasteiger partial charge is 0.259 e. The van der Waals surface area contributed by atoms with Crippen LogP contribution in [0.3, 0.4) is 0 Å². The van der Waals surface area contributed by atoms with Crippen LogP contribution in [-0.2, 0) is 9.53 Å². The standard InChI is InChI=1S/C13H14N2O2/c16-13-11-4-2-1-3-10(11)9-12(14-13)15-5-7-17-8-6-15/h1-4,9,11H,5-8H2. The lowest BCUT2D eigenvalue weighted by Crippen LogP contribution is -2.42. The van der Waals surface area contributed by atoms with Gasteiger partial charge in [0.15, 0.2) is 0 Å². The number of rotatable bonds is 0. The van der Waals surface area contributed by atoms with Crippen LogP contribution in [0.25, 0.3) is 0 Å². The third-order valence-electron chi connectivity index (χ3n) is 3.18. The molecule has 0 bridgehead atoms. The zero-order valence-corrected chi connectivity index (χ0v) is 9.50. The molecule has 0 saturated carbocycles. The number of hydrogen-bond acceptors (Lipinski definition) is 3. The molecule has 1 amide bonds. The van der Waals surface area contributed by atoms with Crippen LogP contribution < -0.4 is 0 Å². The minimum Gasteiger partial charge on any atom is -0.378 e. The van der Waals surface area contributed by atoms with Crippen molar-refractivity contribution in [3.8, 4) is 0 Å². The van der Waals surface area contributed by atoms with Gasteiger partial charge in [0.1, 0.15) is 5.84 Å². The van der Waals surface area contributed by atoms with E-state index in [1.807, 2.05) is 30.4 Å². The van der Waals surface area contributed by atoms with E-state index < -0.39 is 0 Å². The highest BCUT2D eigenvalue weighted by molar-refractivity contribution is 6.07. The Labute approximate surface area is 100.0 Å². The van der Waals surface area contributed by atoms with Crippen molar-refractivity contribution in [2.24, 2.45) is 10.9 Å². The molecule has 1 saturated heterocycles. The van der Waals surface area contributed by atoms with Crippen LogP contribution in [-0.4, -0.2) is 42.9 Å². The highest BCUT2D eigenvalue weighted by Crippen LogP contribution is 2.24. The minimum atomic E-state index is -0.176. The van der Waals surface area contributed by atoms with Crippen molar-refractivity contribution in [2.45, 2.75) is 0 Å². The van der Waals surface area contributed by atoms with Gasteiger partial charge in [-0.1, -0.05) is 24.3 Å². The molecule has 0 radical (unpaired) electrons. The molecule has 1 aliphatic carbocycles. The molecule has 0 N–H and O–H groups in total. The van der Waals surface area contributed by atoms with Crippen LogP contribution in [0.4, 0.5) is 0 Å². The Balaban J connectivity index is 1.87. The Morgan fingerprint density at radius 1 is 1.29 bits per heavy atom. The van der Waals surface area contributed by atoms with Gasteiger partial charge in [-0.25, -0.2) is 0 Å². The summed E-state index contributed by atoms with van der Waals surface area (Å²) in [7, 11) is 0. The molecule has 0 aromatic rings. The van der Waals surface area contributed by atoms with E-state index in [9.17, 15) is 4.79 Å². The first-order valence-corrected chi connectivity index (χ1v) is 5.86. The lowest BCUT2D eigenvalue weighted by Gasteiger charge is -2.31. The lowest BCUT2D eigenvalue weighted by molar-refractivity contribution is -0.119. The van der Waals surface area contributed by atoms with Crippen LogP contribution in [0.2, 0.25) is 0 Å². The van der Waals surface area contributed by atoms with E-state index in [0.29, 0.717) is 13.2 Å². The van der Waals surface area contributed by atoms with Crippen molar-refractivity contribution in [1.29, 1.82) is 0 Å². The van der Waals surface area contributed by atoms with Gasteiger partial charge in [-0.3, -0.25) is 4.79 Å². The quantitative estimate of drug-likeness (QED) is 0.621. The number of carbonyl (C=O) groups excluding carboxylic acids is 1. The van der Waals surface area contributed by atoms with Gasteiger partial charge >= 0.3 is 0 Å². The van der Waals surface area contributed by atoms with Crippen LogP contribution in [0, 0.1) is 5.92 Å². The van der Waals surface area contributed by atoms with E-state index in [1.165, 1.54) is 0 Å². The molecule has 17 heavy (non-hydrogen) atoms. The first-order chi connectivity index (χ1) is 8.34. The van der Waals surface area contributed by atoms with Crippen molar-refractivity contribution < 1.29 is 9.53 Å². The molecule has 4 nitrogen and oxygen atoms in total. The first kappa shape index (κ1) is 10.5. The van der Waals surface area contributed by atoms with E-state index >= 15 is 0 Å². The lowest BCUT2D eigenvalue weighted by atomic mass is 9.91. The number of carbonyl (C=O) groups is 1. The van der Waals surface area contributed by atoms with Gasteiger partial charge < -0.3 is 9.64 Å². The zero-order valence-electron chi connectivity index (χ0n) is 9.50. The van der Waals surface area contributed by atoms with E-state index in [-0.39, 0.29) is 11.8 Å². The number of amidine groups is 1.